The predicted octanol–water partition coefficient (Wildman–Crippen LogP) is 0.102. The second-order valence-corrected chi connectivity index (χ2v) is 9.45. The molecule has 2 aliphatic carbocycles. The molecule has 1 N–H and O–H groups in total. The lowest BCUT2D eigenvalue weighted by molar-refractivity contribution is -0.218. The molecule has 8 nitrogen and oxygen atoms in total. The van der Waals surface area contributed by atoms with Crippen molar-refractivity contribution in [2.24, 2.45) is 17.8 Å². The molecule has 1 heterocycles. The average Bonchev–Trinajstić information content (AvgIpc) is 2.94. The van der Waals surface area contributed by atoms with E-state index in [1.54, 1.807) is 0 Å². The van der Waals surface area contributed by atoms with Crippen molar-refractivity contribution < 1.29 is 48.3 Å². The van der Waals surface area contributed by atoms with Crippen LogP contribution in [0.5, 0.6) is 0 Å². The largest absolute Gasteiger partial charge is 0.451 e. The normalized spacial score (nSPS) is 38.2. The molecular formula is C11H13F3O8S2. The Labute approximate surface area is 135 Å². The van der Waals surface area contributed by atoms with Gasteiger partial charge in [0.25, 0.3) is 20.2 Å². The second kappa shape index (κ2) is 5.29. The van der Waals surface area contributed by atoms with Crippen molar-refractivity contribution in [3.8, 4) is 0 Å². The first-order valence-corrected chi connectivity index (χ1v) is 10.0. The fraction of sp³-hybridized carbons (Fsp3) is 0.909. The van der Waals surface area contributed by atoms with Crippen LogP contribution in [0.1, 0.15) is 12.8 Å². The molecule has 0 radical (unpaired) electrons. The van der Waals surface area contributed by atoms with Gasteiger partial charge in [0.15, 0.2) is 0 Å². The fourth-order valence-electron chi connectivity index (χ4n) is 3.92. The van der Waals surface area contributed by atoms with Crippen molar-refractivity contribution in [1.82, 2.24) is 0 Å². The van der Waals surface area contributed by atoms with Crippen LogP contribution in [0, 0.1) is 17.8 Å². The third-order valence-corrected chi connectivity index (χ3v) is 7.27. The van der Waals surface area contributed by atoms with Crippen molar-refractivity contribution in [1.29, 1.82) is 0 Å². The van der Waals surface area contributed by atoms with Crippen LogP contribution in [0.15, 0.2) is 0 Å². The van der Waals surface area contributed by atoms with Gasteiger partial charge in [-0.15, -0.1) is 0 Å². The van der Waals surface area contributed by atoms with Crippen LogP contribution in [0.2, 0.25) is 0 Å². The highest BCUT2D eigenvalue weighted by Crippen LogP contribution is 2.57. The lowest BCUT2D eigenvalue weighted by atomic mass is 9.87. The van der Waals surface area contributed by atoms with Gasteiger partial charge in [0, 0.05) is 5.92 Å². The minimum absolute atomic E-state index is 0.217. The van der Waals surface area contributed by atoms with Gasteiger partial charge in [-0.05, 0) is 18.8 Å². The summed E-state index contributed by atoms with van der Waals surface area (Å²) in [6, 6.07) is 0. The van der Waals surface area contributed by atoms with Gasteiger partial charge in [0.05, 0.1) is 12.0 Å². The SMILES string of the molecule is O=C(OC(CS(=O)(=O)O)C(F)(F)F)C1C2CC3OS(=O)(=O)C1C3C2. The monoisotopic (exact) mass is 394 g/mol. The zero-order valence-electron chi connectivity index (χ0n) is 11.8. The molecule has 1 aliphatic heterocycles. The summed E-state index contributed by atoms with van der Waals surface area (Å²) in [5, 5.41) is -1.27. The van der Waals surface area contributed by atoms with Gasteiger partial charge in [-0.25, -0.2) is 0 Å². The van der Waals surface area contributed by atoms with E-state index in [0.29, 0.717) is 6.42 Å². The molecule has 3 fully saturated rings. The quantitative estimate of drug-likeness (QED) is 0.405. The minimum Gasteiger partial charge on any atom is -0.451 e. The van der Waals surface area contributed by atoms with Crippen molar-refractivity contribution in [3.63, 3.8) is 0 Å². The van der Waals surface area contributed by atoms with E-state index in [2.05, 4.69) is 4.74 Å². The maximum Gasteiger partial charge on any atom is 0.426 e. The minimum atomic E-state index is -5.23. The molecule has 2 saturated carbocycles. The molecule has 1 saturated heterocycles. The van der Waals surface area contributed by atoms with Gasteiger partial charge < -0.3 is 4.74 Å². The number of hydrogen-bond donors (Lipinski definition) is 1. The summed E-state index contributed by atoms with van der Waals surface area (Å²) in [6.45, 7) is 0. The van der Waals surface area contributed by atoms with Crippen LogP contribution in [0.4, 0.5) is 13.2 Å². The molecular weight excluding hydrogens is 381 g/mol. The number of carbonyl (C=O) groups is 1. The van der Waals surface area contributed by atoms with Crippen molar-refractivity contribution >= 4 is 26.2 Å². The summed E-state index contributed by atoms with van der Waals surface area (Å²) in [4.78, 5) is 12.1. The topological polar surface area (TPSA) is 124 Å². The van der Waals surface area contributed by atoms with Crippen molar-refractivity contribution in [2.45, 2.75) is 36.5 Å². The second-order valence-electron chi connectivity index (χ2n) is 6.23. The summed E-state index contributed by atoms with van der Waals surface area (Å²) < 4.78 is 101. The van der Waals surface area contributed by atoms with Crippen LogP contribution in [-0.2, 0) is 34.0 Å². The van der Waals surface area contributed by atoms with E-state index >= 15 is 0 Å². The Kier molecular flexibility index (Phi) is 3.94. The Bertz CT molecular complexity index is 757. The molecule has 3 aliphatic rings. The number of halogens is 3. The lowest BCUT2D eigenvalue weighted by Crippen LogP contribution is -2.44. The third kappa shape index (κ3) is 3.02. The smallest absolute Gasteiger partial charge is 0.426 e. The van der Waals surface area contributed by atoms with Gasteiger partial charge in [0.1, 0.15) is 11.0 Å². The maximum atomic E-state index is 12.8. The molecule has 0 amide bonds. The molecule has 0 aromatic heterocycles. The molecule has 138 valence electrons. The standard InChI is InChI=1S/C11H13F3O8S2/c12-11(13,14)7(3-23(16,17)18)21-10(15)8-4-1-5-6(2-4)22-24(19,20)9(5)8/h4-9H,1-3H2,(H,16,17,18). The molecule has 24 heavy (non-hydrogen) atoms. The summed E-state index contributed by atoms with van der Waals surface area (Å²) >= 11 is 0. The van der Waals surface area contributed by atoms with E-state index in [0.717, 1.165) is 0 Å². The average molecular weight is 394 g/mol. The van der Waals surface area contributed by atoms with E-state index < -0.39 is 73.3 Å². The van der Waals surface area contributed by atoms with Crippen LogP contribution < -0.4 is 0 Å². The zero-order chi connectivity index (χ0) is 18.1. The van der Waals surface area contributed by atoms with Gasteiger partial charge in [-0.1, -0.05) is 0 Å². The van der Waals surface area contributed by atoms with E-state index in [4.69, 9.17) is 8.74 Å². The Balaban J connectivity index is 1.81. The van der Waals surface area contributed by atoms with Gasteiger partial charge in [-0.2, -0.15) is 30.0 Å². The summed E-state index contributed by atoms with van der Waals surface area (Å²) in [5.74, 6) is -5.58. The Hall–Kier alpha value is -0.920. The number of rotatable bonds is 4. The molecule has 3 rings (SSSR count). The third-order valence-electron chi connectivity index (χ3n) is 4.72. The summed E-state index contributed by atoms with van der Waals surface area (Å²) in [5.41, 5.74) is 0. The molecule has 6 unspecified atom stereocenters. The highest BCUT2D eigenvalue weighted by atomic mass is 32.2. The first kappa shape index (κ1) is 17.9. The number of carbonyl (C=O) groups excluding carboxylic acids is 1. The summed E-state index contributed by atoms with van der Waals surface area (Å²) in [7, 11) is -9.14. The van der Waals surface area contributed by atoms with Gasteiger partial charge in [-0.3, -0.25) is 13.5 Å². The molecule has 0 aromatic rings. The molecule has 13 heteroatoms. The first-order chi connectivity index (χ1) is 10.8. The first-order valence-electron chi connectivity index (χ1n) is 6.94. The van der Waals surface area contributed by atoms with Crippen molar-refractivity contribution in [3.05, 3.63) is 0 Å². The molecule has 0 aromatic carbocycles. The van der Waals surface area contributed by atoms with Crippen LogP contribution >= 0.6 is 0 Å². The Morgan fingerprint density at radius 1 is 1.33 bits per heavy atom. The summed E-state index contributed by atoms with van der Waals surface area (Å²) in [6.07, 6.45) is -8.32. The number of ether oxygens (including phenoxy) is 1. The number of fused-ring (bicyclic) bond motifs is 1. The van der Waals surface area contributed by atoms with E-state index in [1.165, 1.54) is 0 Å². The van der Waals surface area contributed by atoms with Crippen LogP contribution in [0.3, 0.4) is 0 Å². The highest BCUT2D eigenvalue weighted by Gasteiger charge is 2.67. The zero-order valence-corrected chi connectivity index (χ0v) is 13.5. The van der Waals surface area contributed by atoms with E-state index in [-0.39, 0.29) is 6.42 Å². The van der Waals surface area contributed by atoms with Crippen LogP contribution in [-0.4, -0.2) is 56.7 Å². The Morgan fingerprint density at radius 2 is 1.96 bits per heavy atom. The Morgan fingerprint density at radius 3 is 2.50 bits per heavy atom. The predicted molar refractivity (Wildman–Crippen MR) is 69.6 cm³/mol. The maximum absolute atomic E-state index is 12.8. The highest BCUT2D eigenvalue weighted by molar-refractivity contribution is 7.87. The van der Waals surface area contributed by atoms with E-state index in [9.17, 15) is 34.8 Å². The molecule has 2 bridgehead atoms. The lowest BCUT2D eigenvalue weighted by Gasteiger charge is -2.26. The molecule has 6 atom stereocenters. The van der Waals surface area contributed by atoms with Crippen molar-refractivity contribution in [2.75, 3.05) is 5.75 Å². The van der Waals surface area contributed by atoms with Gasteiger partial charge >= 0.3 is 12.1 Å². The van der Waals surface area contributed by atoms with Crippen LogP contribution in [0.25, 0.3) is 0 Å². The number of esters is 1. The van der Waals surface area contributed by atoms with E-state index in [1.807, 2.05) is 0 Å². The molecule has 0 spiro atoms. The fourth-order valence-corrected chi connectivity index (χ4v) is 6.66. The van der Waals surface area contributed by atoms with Gasteiger partial charge in [0.2, 0.25) is 6.10 Å². The number of alkyl halides is 3. The number of hydrogen-bond acceptors (Lipinski definition) is 7.